The monoisotopic (exact) mass is 460 g/mol. The van der Waals surface area contributed by atoms with Gasteiger partial charge in [0, 0.05) is 5.56 Å². The summed E-state index contributed by atoms with van der Waals surface area (Å²) in [5, 5.41) is 19.3. The summed E-state index contributed by atoms with van der Waals surface area (Å²) in [5.41, 5.74) is 9.34. The summed E-state index contributed by atoms with van der Waals surface area (Å²) in [7, 11) is 0. The Balaban J connectivity index is 1.79. The number of nitrogens with two attached hydrogens (primary N) is 1. The number of rotatable bonds is 2. The number of nitrogens with zero attached hydrogens (tertiary/aromatic N) is 2. The van der Waals surface area contributed by atoms with Crippen molar-refractivity contribution in [1.82, 2.24) is 10.2 Å². The van der Waals surface area contributed by atoms with E-state index >= 15 is 0 Å². The van der Waals surface area contributed by atoms with Gasteiger partial charge in [-0.05, 0) is 44.4 Å². The lowest BCUT2D eigenvalue weighted by Crippen LogP contribution is -2.21. The zero-order chi connectivity index (χ0) is 20.8. The number of hydrogen-bond acceptors (Lipinski definition) is 4. The summed E-state index contributed by atoms with van der Waals surface area (Å²) < 4.78 is 19.9. The molecule has 30 heavy (non-hydrogen) atoms. The molecule has 1 aliphatic heterocycles. The topological polar surface area (TPSA) is 87.7 Å². The van der Waals surface area contributed by atoms with Crippen molar-refractivity contribution < 1.29 is 9.13 Å². The Morgan fingerprint density at radius 3 is 2.73 bits per heavy atom. The number of hydrogen-bond donors (Lipinski definition) is 2. The number of fused-ring (bicyclic) bond motifs is 2. The molecule has 0 fully saturated rings. The molecule has 5 nitrogen and oxygen atoms in total. The fraction of sp³-hybridized carbons (Fsp3) is 0.0435. The van der Waals surface area contributed by atoms with Crippen LogP contribution in [-0.2, 0) is 0 Å². The first kappa shape index (κ1) is 18.4. The summed E-state index contributed by atoms with van der Waals surface area (Å²) in [6.07, 6.45) is 0. The molecule has 0 saturated heterocycles. The maximum atomic E-state index is 13.9. The molecule has 4 aromatic rings. The van der Waals surface area contributed by atoms with Crippen LogP contribution in [-0.4, -0.2) is 10.2 Å². The summed E-state index contributed by atoms with van der Waals surface area (Å²) in [5.74, 6) is -0.641. The highest BCUT2D eigenvalue weighted by Gasteiger charge is 2.36. The van der Waals surface area contributed by atoms with Gasteiger partial charge in [-0.3, -0.25) is 5.10 Å². The van der Waals surface area contributed by atoms with Crippen LogP contribution in [0.4, 0.5) is 4.39 Å². The van der Waals surface area contributed by atoms with Gasteiger partial charge < -0.3 is 10.5 Å². The van der Waals surface area contributed by atoms with Crippen LogP contribution in [0.3, 0.4) is 0 Å². The van der Waals surface area contributed by atoms with E-state index in [0.29, 0.717) is 21.5 Å². The van der Waals surface area contributed by atoms with Gasteiger partial charge in [0.2, 0.25) is 11.8 Å². The van der Waals surface area contributed by atoms with Crippen LogP contribution >= 0.6 is 15.9 Å². The van der Waals surface area contributed by atoms with Gasteiger partial charge in [0.25, 0.3) is 0 Å². The highest BCUT2D eigenvalue weighted by molar-refractivity contribution is 9.10. The predicted octanol–water partition coefficient (Wildman–Crippen LogP) is 5.35. The Bertz CT molecular complexity index is 1380. The number of halogens is 2. The molecule has 3 N–H and O–H groups in total. The van der Waals surface area contributed by atoms with Gasteiger partial charge >= 0.3 is 0 Å². The van der Waals surface area contributed by atoms with Crippen LogP contribution in [0.5, 0.6) is 5.88 Å². The van der Waals surface area contributed by atoms with Crippen molar-refractivity contribution in [2.45, 2.75) is 5.92 Å². The zero-order valence-corrected chi connectivity index (χ0v) is 17.1. The van der Waals surface area contributed by atoms with Crippen LogP contribution < -0.4 is 10.5 Å². The van der Waals surface area contributed by atoms with E-state index in [-0.39, 0.29) is 17.3 Å². The van der Waals surface area contributed by atoms with Crippen molar-refractivity contribution >= 4 is 26.7 Å². The fourth-order valence-corrected chi connectivity index (χ4v) is 4.32. The minimum absolute atomic E-state index is 0.00795. The first-order valence-electron chi connectivity index (χ1n) is 9.17. The van der Waals surface area contributed by atoms with Crippen molar-refractivity contribution in [1.29, 1.82) is 5.26 Å². The van der Waals surface area contributed by atoms with Gasteiger partial charge in [0.05, 0.1) is 21.6 Å². The van der Waals surface area contributed by atoms with Crippen LogP contribution in [0.2, 0.25) is 0 Å². The molecule has 1 aromatic heterocycles. The summed E-state index contributed by atoms with van der Waals surface area (Å²) in [6.45, 7) is 0. The van der Waals surface area contributed by atoms with E-state index in [1.807, 2.05) is 42.5 Å². The van der Waals surface area contributed by atoms with Gasteiger partial charge in [-0.25, -0.2) is 4.39 Å². The molecule has 1 atom stereocenters. The van der Waals surface area contributed by atoms with Gasteiger partial charge in [-0.1, -0.05) is 48.5 Å². The van der Waals surface area contributed by atoms with E-state index in [9.17, 15) is 9.65 Å². The average molecular weight is 461 g/mol. The van der Waals surface area contributed by atoms with Crippen molar-refractivity contribution in [2.24, 2.45) is 5.73 Å². The number of nitrogens with one attached hydrogen (secondary N) is 1. The maximum Gasteiger partial charge on any atom is 0.244 e. The maximum absolute atomic E-state index is 13.9. The number of benzene rings is 3. The van der Waals surface area contributed by atoms with Crippen LogP contribution in [0, 0.1) is 17.1 Å². The first-order chi connectivity index (χ1) is 14.6. The molecule has 0 bridgehead atoms. The molecule has 0 aliphatic carbocycles. The second-order valence-electron chi connectivity index (χ2n) is 6.94. The fourth-order valence-electron chi connectivity index (χ4n) is 3.92. The summed E-state index contributed by atoms with van der Waals surface area (Å²) in [4.78, 5) is 0. The molecule has 0 amide bonds. The number of aromatic amines is 1. The number of nitriles is 1. The normalized spacial score (nSPS) is 15.6. The van der Waals surface area contributed by atoms with Crippen LogP contribution in [0.15, 0.2) is 76.6 Å². The number of aromatic nitrogens is 2. The first-order valence-corrected chi connectivity index (χ1v) is 9.96. The van der Waals surface area contributed by atoms with E-state index in [1.165, 1.54) is 6.07 Å². The molecular weight excluding hydrogens is 447 g/mol. The Hall–Kier alpha value is -3.63. The Morgan fingerprint density at radius 2 is 1.93 bits per heavy atom. The Labute approximate surface area is 179 Å². The van der Waals surface area contributed by atoms with Crippen molar-refractivity contribution in [3.05, 3.63) is 93.5 Å². The molecule has 1 aliphatic rings. The minimum atomic E-state index is -0.552. The number of allylic oxidation sites excluding steroid dienone is 1. The quantitative estimate of drug-likeness (QED) is 0.421. The third-order valence-electron chi connectivity index (χ3n) is 5.27. The highest BCUT2D eigenvalue weighted by atomic mass is 79.9. The largest absolute Gasteiger partial charge is 0.420 e. The lowest BCUT2D eigenvalue weighted by Gasteiger charge is -2.24. The molecule has 0 unspecified atom stereocenters. The van der Waals surface area contributed by atoms with Crippen LogP contribution in [0.25, 0.3) is 22.0 Å². The molecule has 5 rings (SSSR count). The molecule has 3 aromatic carbocycles. The molecule has 0 radical (unpaired) electrons. The van der Waals surface area contributed by atoms with E-state index < -0.39 is 5.92 Å². The SMILES string of the molecule is N#CC1=C(N)Oc2n[nH]c(-c3cccc4ccccc34)c2[C@@H]1c1ccc(F)c(Br)c1. The number of H-pyrrole nitrogens is 1. The van der Waals surface area contributed by atoms with Gasteiger partial charge in [0.1, 0.15) is 17.5 Å². The summed E-state index contributed by atoms with van der Waals surface area (Å²) >= 11 is 3.24. The molecular formula is C23H14BrFN4O. The van der Waals surface area contributed by atoms with E-state index in [1.54, 1.807) is 12.1 Å². The lowest BCUT2D eigenvalue weighted by atomic mass is 9.82. The molecule has 7 heteroatoms. The van der Waals surface area contributed by atoms with E-state index in [0.717, 1.165) is 22.0 Å². The van der Waals surface area contributed by atoms with Gasteiger partial charge in [0.15, 0.2) is 0 Å². The van der Waals surface area contributed by atoms with E-state index in [4.69, 9.17) is 10.5 Å². The number of ether oxygens (including phenoxy) is 1. The van der Waals surface area contributed by atoms with Crippen molar-refractivity contribution in [2.75, 3.05) is 0 Å². The van der Waals surface area contributed by atoms with Crippen LogP contribution in [0.1, 0.15) is 17.0 Å². The third kappa shape index (κ3) is 2.77. The minimum Gasteiger partial charge on any atom is -0.420 e. The lowest BCUT2D eigenvalue weighted by molar-refractivity contribution is 0.379. The molecule has 0 spiro atoms. The Morgan fingerprint density at radius 1 is 1.13 bits per heavy atom. The summed E-state index contributed by atoms with van der Waals surface area (Å²) in [6, 6.07) is 20.8. The molecule has 2 heterocycles. The smallest absolute Gasteiger partial charge is 0.244 e. The second-order valence-corrected chi connectivity index (χ2v) is 7.80. The Kier molecular flexibility index (Phi) is 4.30. The zero-order valence-electron chi connectivity index (χ0n) is 15.5. The van der Waals surface area contributed by atoms with Crippen molar-refractivity contribution in [3.8, 4) is 23.2 Å². The van der Waals surface area contributed by atoms with E-state index in [2.05, 4.69) is 32.2 Å². The second kappa shape index (κ2) is 7.01. The highest BCUT2D eigenvalue weighted by Crippen LogP contribution is 2.47. The third-order valence-corrected chi connectivity index (χ3v) is 5.88. The average Bonchev–Trinajstić information content (AvgIpc) is 3.17. The molecule has 0 saturated carbocycles. The molecule has 146 valence electrons. The predicted molar refractivity (Wildman–Crippen MR) is 115 cm³/mol. The van der Waals surface area contributed by atoms with Gasteiger partial charge in [-0.2, -0.15) is 5.26 Å². The standard InChI is InChI=1S/C23H14BrFN4O/c24-17-10-13(8-9-18(17)25)19-16(11-26)22(27)30-23-20(19)21(28-29-23)15-7-3-5-12-4-1-2-6-14(12)15/h1-10,19H,27H2,(H,28,29)/t19-/m1/s1. The van der Waals surface area contributed by atoms with Gasteiger partial charge in [-0.15, -0.1) is 5.10 Å². The van der Waals surface area contributed by atoms with Crippen molar-refractivity contribution in [3.63, 3.8) is 0 Å².